The molecule has 58 heavy (non-hydrogen) atoms. The summed E-state index contributed by atoms with van der Waals surface area (Å²) in [6.07, 6.45) is 6.00. The quantitative estimate of drug-likeness (QED) is 0.155. The van der Waals surface area contributed by atoms with E-state index in [1.54, 1.807) is 0 Å². The van der Waals surface area contributed by atoms with E-state index in [2.05, 4.69) is 185 Å². The Hall–Kier alpha value is -5.90. The summed E-state index contributed by atoms with van der Waals surface area (Å²) in [4.78, 5) is 11.3. The molecule has 2 aliphatic heterocycles. The second-order valence-electron chi connectivity index (χ2n) is 16.8. The number of hydrogen-bond acceptors (Lipinski definition) is 5. The maximum absolute atomic E-state index is 6.60. The Morgan fingerprint density at radius 3 is 1.93 bits per heavy atom. The van der Waals surface area contributed by atoms with Crippen molar-refractivity contribution in [2.24, 2.45) is 0 Å². The van der Waals surface area contributed by atoms with Crippen LogP contribution in [0.15, 0.2) is 158 Å². The largest absolute Gasteiger partial charge is 0.509 e. The third-order valence-electron chi connectivity index (χ3n) is 10.7. The predicted molar refractivity (Wildman–Crippen MR) is 235 cm³/mol. The summed E-state index contributed by atoms with van der Waals surface area (Å²) in [7, 11) is 0. The van der Waals surface area contributed by atoms with Gasteiger partial charge in [-0.15, -0.1) is 48.3 Å². The van der Waals surface area contributed by atoms with Gasteiger partial charge in [0.2, 0.25) is 0 Å². The summed E-state index contributed by atoms with van der Waals surface area (Å²) in [5, 5.41) is 0. The van der Waals surface area contributed by atoms with E-state index in [-0.39, 0.29) is 31.9 Å². The van der Waals surface area contributed by atoms with Crippen molar-refractivity contribution < 1.29 is 25.8 Å². The maximum Gasteiger partial charge on any atom is 0.135 e. The van der Waals surface area contributed by atoms with Crippen molar-refractivity contribution in [3.63, 3.8) is 0 Å². The van der Waals surface area contributed by atoms with Crippen LogP contribution in [0.4, 0.5) is 28.6 Å². The fourth-order valence-electron chi connectivity index (χ4n) is 7.51. The fourth-order valence-corrected chi connectivity index (χ4v) is 7.51. The van der Waals surface area contributed by atoms with Gasteiger partial charge in [-0.3, -0.25) is 0 Å². The molecule has 1 aromatic heterocycles. The molecule has 6 heteroatoms. The van der Waals surface area contributed by atoms with Crippen LogP contribution in [0, 0.1) is 18.8 Å². The Balaban J connectivity index is 0.00000469. The van der Waals surface area contributed by atoms with E-state index < -0.39 is 0 Å². The van der Waals surface area contributed by atoms with Crippen molar-refractivity contribution in [3.05, 3.63) is 188 Å². The van der Waals surface area contributed by atoms with Crippen LogP contribution in [0.2, 0.25) is 0 Å². The van der Waals surface area contributed by atoms with Crippen LogP contribution < -0.4 is 19.4 Å². The molecule has 6 aromatic carbocycles. The number of anilines is 5. The molecule has 5 nitrogen and oxygen atoms in total. The number of nitrogens with zero attached hydrogens (tertiary/aromatic N) is 4. The molecule has 0 bridgehead atoms. The average molecular weight is 937 g/mol. The van der Waals surface area contributed by atoms with Crippen LogP contribution in [0.1, 0.15) is 52.7 Å². The third kappa shape index (κ3) is 7.60. The fraction of sp³-hybridized carbons (Fsp3) is 0.154. The maximum atomic E-state index is 6.60. The molecule has 0 fully saturated rings. The number of ether oxygens (including phenoxy) is 1. The van der Waals surface area contributed by atoms with Gasteiger partial charge in [-0.1, -0.05) is 126 Å². The zero-order valence-electron chi connectivity index (χ0n) is 33.6. The van der Waals surface area contributed by atoms with Crippen molar-refractivity contribution >= 4 is 28.6 Å². The van der Waals surface area contributed by atoms with Crippen LogP contribution in [0.3, 0.4) is 0 Å². The van der Waals surface area contributed by atoms with Gasteiger partial charge in [-0.2, -0.15) is 12.1 Å². The number of aromatic nitrogens is 1. The first-order chi connectivity index (χ1) is 27.5. The van der Waals surface area contributed by atoms with E-state index in [1.165, 1.54) is 16.7 Å². The van der Waals surface area contributed by atoms with E-state index in [4.69, 9.17) is 9.72 Å². The zero-order valence-corrected chi connectivity index (χ0v) is 35.9. The summed E-state index contributed by atoms with van der Waals surface area (Å²) >= 11 is 0. The van der Waals surface area contributed by atoms with E-state index in [0.717, 1.165) is 56.4 Å². The first-order valence-electron chi connectivity index (χ1n) is 19.5. The number of pyridine rings is 1. The van der Waals surface area contributed by atoms with Gasteiger partial charge < -0.3 is 19.4 Å². The van der Waals surface area contributed by atoms with Gasteiger partial charge >= 0.3 is 0 Å². The summed E-state index contributed by atoms with van der Waals surface area (Å²) in [6.45, 7) is 15.7. The third-order valence-corrected chi connectivity index (χ3v) is 10.7. The van der Waals surface area contributed by atoms with E-state index in [0.29, 0.717) is 11.5 Å². The number of benzene rings is 6. The molecule has 0 spiro atoms. The topological polar surface area (TPSA) is 31.8 Å². The smallest absolute Gasteiger partial charge is 0.135 e. The monoisotopic (exact) mass is 936 g/mol. The van der Waals surface area contributed by atoms with Crippen LogP contribution >= 0.6 is 0 Å². The predicted octanol–water partition coefficient (Wildman–Crippen LogP) is 13.8. The number of fused-ring (bicyclic) bond motifs is 5. The molecule has 0 unspecified atom stereocenters. The second kappa shape index (κ2) is 15.5. The van der Waals surface area contributed by atoms with Gasteiger partial charge in [0.25, 0.3) is 0 Å². The second-order valence-corrected chi connectivity index (χ2v) is 16.8. The number of hydrogen-bond donors (Lipinski definition) is 0. The average Bonchev–Trinajstić information content (AvgIpc) is 3.68. The van der Waals surface area contributed by atoms with Crippen LogP contribution in [-0.2, 0) is 31.9 Å². The standard InChI is InChI=1S/C52H45N4O.Pt/c1-51(2,3)38-30-39(52(4,5)6)32-41(31-38)55-28-27-54(35-55)40-17-14-18-42(33-40)57-43-23-24-46-44-19-10-11-20-45(44)47-29-37(36-15-8-7-9-16-36)22-25-48(47)56(49(46)34-43)50-21-12-13-26-53-50;/h7-32,35H,1-6H3;/q-3;. The normalized spacial score (nSPS) is 13.3. The Kier molecular flexibility index (Phi) is 10.4. The summed E-state index contributed by atoms with van der Waals surface area (Å²) in [5.41, 5.74) is 13.3. The van der Waals surface area contributed by atoms with Crippen molar-refractivity contribution in [1.82, 2.24) is 4.98 Å². The molecule has 0 N–H and O–H groups in total. The van der Waals surface area contributed by atoms with Gasteiger partial charge in [0.05, 0.1) is 5.69 Å². The molecule has 292 valence electrons. The Morgan fingerprint density at radius 2 is 1.22 bits per heavy atom. The van der Waals surface area contributed by atoms with Gasteiger partial charge in [-0.25, -0.2) is 4.98 Å². The molecular formula is C52H45N4OPt-3. The molecule has 2 aliphatic rings. The van der Waals surface area contributed by atoms with E-state index in [9.17, 15) is 0 Å². The van der Waals surface area contributed by atoms with Gasteiger partial charge in [-0.05, 0) is 87.4 Å². The Morgan fingerprint density at radius 1 is 0.552 bits per heavy atom. The van der Waals surface area contributed by atoms with Crippen molar-refractivity contribution in [1.29, 1.82) is 0 Å². The molecule has 0 saturated heterocycles. The minimum Gasteiger partial charge on any atom is -0.509 e. The SMILES string of the molecule is CC(C)(C)c1cc(N2C=CN(c3[c-]c(Oc4[c-]c5c(cc4)-c4ccccc4-c4cc(-c6ccccc6)ccc4N5c4ccccn4)ccc3)[CH-]2)cc(C(C)(C)C)c1.[Pt]. The Labute approximate surface area is 357 Å². The molecule has 0 aliphatic carbocycles. The van der Waals surface area contributed by atoms with Crippen LogP contribution in [0.5, 0.6) is 11.5 Å². The molecule has 3 heterocycles. The zero-order chi connectivity index (χ0) is 39.3. The first-order valence-corrected chi connectivity index (χ1v) is 19.5. The number of rotatable bonds is 6. The molecule has 7 aromatic rings. The van der Waals surface area contributed by atoms with E-state index >= 15 is 0 Å². The van der Waals surface area contributed by atoms with Crippen molar-refractivity contribution in [3.8, 4) is 44.9 Å². The summed E-state index contributed by atoms with van der Waals surface area (Å²) in [5.74, 6) is 1.98. The van der Waals surface area contributed by atoms with Gasteiger partial charge in [0.1, 0.15) is 5.82 Å². The molecule has 0 radical (unpaired) electrons. The molecular weight excluding hydrogens is 892 g/mol. The van der Waals surface area contributed by atoms with Crippen LogP contribution in [0.25, 0.3) is 33.4 Å². The summed E-state index contributed by atoms with van der Waals surface area (Å²) in [6, 6.07) is 56.1. The van der Waals surface area contributed by atoms with Crippen molar-refractivity contribution in [2.45, 2.75) is 52.4 Å². The molecule has 9 rings (SSSR count). The van der Waals surface area contributed by atoms with Gasteiger partial charge in [0.15, 0.2) is 0 Å². The van der Waals surface area contributed by atoms with Crippen LogP contribution in [-0.4, -0.2) is 4.98 Å². The van der Waals surface area contributed by atoms with Gasteiger partial charge in [0, 0.05) is 50.0 Å². The minimum absolute atomic E-state index is 0. The molecule has 0 saturated carbocycles. The molecule has 0 atom stereocenters. The molecule has 0 amide bonds. The first kappa shape index (κ1) is 38.9. The Bertz CT molecular complexity index is 2590. The van der Waals surface area contributed by atoms with E-state index in [1.807, 2.05) is 48.7 Å². The van der Waals surface area contributed by atoms with Crippen molar-refractivity contribution in [2.75, 3.05) is 14.7 Å². The summed E-state index contributed by atoms with van der Waals surface area (Å²) < 4.78 is 6.60. The minimum atomic E-state index is 0.